The van der Waals surface area contributed by atoms with Crippen LogP contribution in [0.25, 0.3) is 11.1 Å². The molecule has 166 valence electrons. The zero-order valence-corrected chi connectivity index (χ0v) is 19.6. The summed E-state index contributed by atoms with van der Waals surface area (Å²) in [5, 5.41) is 9.21. The lowest BCUT2D eigenvalue weighted by molar-refractivity contribution is 0.0600. The number of nitrogens with zero attached hydrogens (tertiary/aromatic N) is 2. The molecule has 0 aliphatic carbocycles. The van der Waals surface area contributed by atoms with Crippen molar-refractivity contribution in [2.75, 3.05) is 7.11 Å². The van der Waals surface area contributed by atoms with E-state index in [2.05, 4.69) is 68.3 Å². The molecule has 4 heteroatoms. The first-order chi connectivity index (χ1) is 15.4. The zero-order chi connectivity index (χ0) is 23.1. The fourth-order valence-electron chi connectivity index (χ4n) is 3.73. The van der Waals surface area contributed by atoms with Gasteiger partial charge >= 0.3 is 5.97 Å². The van der Waals surface area contributed by atoms with Gasteiger partial charge in [0.15, 0.2) is 0 Å². The van der Waals surface area contributed by atoms with Crippen LogP contribution in [0.5, 0.6) is 0 Å². The summed E-state index contributed by atoms with van der Waals surface area (Å²) in [5.74, 6) is 0.803. The number of ether oxygens (including phenoxy) is 1. The van der Waals surface area contributed by atoms with Crippen molar-refractivity contribution in [2.45, 2.75) is 40.5 Å². The van der Waals surface area contributed by atoms with E-state index in [1.165, 1.54) is 18.2 Å². The van der Waals surface area contributed by atoms with Gasteiger partial charge in [0.25, 0.3) is 0 Å². The first-order valence-electron chi connectivity index (χ1n) is 11.2. The fourth-order valence-corrected chi connectivity index (χ4v) is 3.73. The Morgan fingerprint density at radius 2 is 1.47 bits per heavy atom. The first kappa shape index (κ1) is 23.4. The summed E-state index contributed by atoms with van der Waals surface area (Å²) >= 11 is 0. The third kappa shape index (κ3) is 6.36. The molecule has 0 amide bonds. The van der Waals surface area contributed by atoms with Crippen LogP contribution in [0.2, 0.25) is 0 Å². The van der Waals surface area contributed by atoms with E-state index in [1.807, 2.05) is 24.3 Å². The van der Waals surface area contributed by atoms with Gasteiger partial charge in [-0.2, -0.15) is 5.11 Å². The summed E-state index contributed by atoms with van der Waals surface area (Å²) in [7, 11) is 1.39. The van der Waals surface area contributed by atoms with Crippen molar-refractivity contribution in [3.05, 3.63) is 83.4 Å². The summed E-state index contributed by atoms with van der Waals surface area (Å²) in [4.78, 5) is 11.8. The molecular formula is C28H32N2O2. The topological polar surface area (TPSA) is 51.0 Å². The van der Waals surface area contributed by atoms with Crippen LogP contribution < -0.4 is 0 Å². The quantitative estimate of drug-likeness (QED) is 0.270. The van der Waals surface area contributed by atoms with Crippen LogP contribution in [-0.2, 0) is 17.6 Å². The summed E-state index contributed by atoms with van der Waals surface area (Å²) < 4.78 is 4.81. The molecule has 3 aromatic rings. The molecule has 3 aromatic carbocycles. The van der Waals surface area contributed by atoms with E-state index in [-0.39, 0.29) is 5.97 Å². The molecule has 0 radical (unpaired) electrons. The smallest absolute Gasteiger partial charge is 0.337 e. The average molecular weight is 429 g/mol. The second-order valence-electron chi connectivity index (χ2n) is 8.99. The van der Waals surface area contributed by atoms with Crippen molar-refractivity contribution in [3.63, 3.8) is 0 Å². The van der Waals surface area contributed by atoms with Crippen LogP contribution in [0.3, 0.4) is 0 Å². The summed E-state index contributed by atoms with van der Waals surface area (Å²) in [6.45, 7) is 8.85. The van der Waals surface area contributed by atoms with Crippen LogP contribution in [0.15, 0.2) is 77.0 Å². The monoisotopic (exact) mass is 428 g/mol. The number of carbonyl (C=O) groups excluding carboxylic acids is 1. The highest BCUT2D eigenvalue weighted by molar-refractivity contribution is 5.90. The lowest BCUT2D eigenvalue weighted by atomic mass is 9.97. The highest BCUT2D eigenvalue weighted by Gasteiger charge is 2.10. The van der Waals surface area contributed by atoms with E-state index in [0.29, 0.717) is 17.4 Å². The molecular weight excluding hydrogens is 396 g/mol. The van der Waals surface area contributed by atoms with Crippen molar-refractivity contribution >= 4 is 17.3 Å². The fraction of sp³-hybridized carbons (Fsp3) is 0.321. The van der Waals surface area contributed by atoms with Gasteiger partial charge in [-0.3, -0.25) is 0 Å². The third-order valence-corrected chi connectivity index (χ3v) is 5.15. The molecule has 0 aliphatic rings. The Morgan fingerprint density at radius 1 is 0.812 bits per heavy atom. The molecule has 0 bridgehead atoms. The maximum Gasteiger partial charge on any atom is 0.337 e. The summed E-state index contributed by atoms with van der Waals surface area (Å²) in [5.41, 5.74) is 6.67. The molecule has 0 aliphatic heterocycles. The number of hydrogen-bond acceptors (Lipinski definition) is 4. The van der Waals surface area contributed by atoms with Gasteiger partial charge < -0.3 is 4.74 Å². The molecule has 4 nitrogen and oxygen atoms in total. The van der Waals surface area contributed by atoms with E-state index >= 15 is 0 Å². The van der Waals surface area contributed by atoms with E-state index in [4.69, 9.17) is 4.74 Å². The molecule has 0 fully saturated rings. The van der Waals surface area contributed by atoms with Crippen molar-refractivity contribution in [3.8, 4) is 11.1 Å². The molecule has 0 heterocycles. The van der Waals surface area contributed by atoms with Gasteiger partial charge in [0.1, 0.15) is 0 Å². The normalized spacial score (nSPS) is 11.5. The van der Waals surface area contributed by atoms with Gasteiger partial charge in [-0.25, -0.2) is 4.79 Å². The van der Waals surface area contributed by atoms with Crippen molar-refractivity contribution in [2.24, 2.45) is 22.1 Å². The molecule has 0 unspecified atom stereocenters. The summed E-state index contributed by atoms with van der Waals surface area (Å²) in [6.07, 6.45) is 2.00. The lowest BCUT2D eigenvalue weighted by Gasteiger charge is -2.11. The SMILES string of the molecule is COC(=O)c1ccc(-c2ccc(CC(C)C)cc2N=Nc2cccc(CC(C)C)c2)cc1. The number of methoxy groups -OCH3 is 1. The molecule has 0 N–H and O–H groups in total. The first-order valence-corrected chi connectivity index (χ1v) is 11.2. The molecule has 0 aromatic heterocycles. The van der Waals surface area contributed by atoms with Crippen LogP contribution in [0, 0.1) is 11.8 Å². The number of benzene rings is 3. The second kappa shape index (κ2) is 10.9. The predicted molar refractivity (Wildman–Crippen MR) is 131 cm³/mol. The van der Waals surface area contributed by atoms with Crippen molar-refractivity contribution in [1.29, 1.82) is 0 Å². The number of esters is 1. The molecule has 0 saturated heterocycles. The Balaban J connectivity index is 1.97. The van der Waals surface area contributed by atoms with Gasteiger partial charge in [0, 0.05) is 5.56 Å². The Bertz CT molecular complexity index is 1080. The third-order valence-electron chi connectivity index (χ3n) is 5.15. The Morgan fingerprint density at radius 3 is 2.09 bits per heavy atom. The van der Waals surface area contributed by atoms with E-state index in [1.54, 1.807) is 12.1 Å². The molecule has 0 saturated carbocycles. The number of rotatable bonds is 8. The Hall–Kier alpha value is -3.27. The van der Waals surface area contributed by atoms with E-state index in [9.17, 15) is 4.79 Å². The van der Waals surface area contributed by atoms with Crippen molar-refractivity contribution < 1.29 is 9.53 Å². The lowest BCUT2D eigenvalue weighted by Crippen LogP contribution is -2.00. The van der Waals surface area contributed by atoms with Crippen LogP contribution in [0.4, 0.5) is 11.4 Å². The molecule has 3 rings (SSSR count). The Kier molecular flexibility index (Phi) is 7.93. The van der Waals surface area contributed by atoms with Crippen LogP contribution in [-0.4, -0.2) is 13.1 Å². The Labute approximate surface area is 191 Å². The predicted octanol–water partition coefficient (Wildman–Crippen LogP) is 7.95. The largest absolute Gasteiger partial charge is 0.465 e. The van der Waals surface area contributed by atoms with Crippen LogP contribution >= 0.6 is 0 Å². The van der Waals surface area contributed by atoms with Gasteiger partial charge in [0.05, 0.1) is 24.0 Å². The van der Waals surface area contributed by atoms with Gasteiger partial charge in [0.2, 0.25) is 0 Å². The highest BCUT2D eigenvalue weighted by Crippen LogP contribution is 2.33. The zero-order valence-electron chi connectivity index (χ0n) is 19.6. The minimum atomic E-state index is -0.343. The van der Waals surface area contributed by atoms with Gasteiger partial charge in [-0.05, 0) is 71.7 Å². The standard InChI is InChI=1S/C28H32N2O2/c1-19(2)15-21-7-6-8-25(17-21)29-30-27-18-22(16-20(3)4)9-14-26(27)23-10-12-24(13-11-23)28(31)32-5/h6-14,17-20H,15-16H2,1-5H3. The number of azo groups is 1. The molecule has 0 atom stereocenters. The summed E-state index contributed by atoms with van der Waals surface area (Å²) in [6, 6.07) is 22.0. The number of carbonyl (C=O) groups is 1. The van der Waals surface area contributed by atoms with Gasteiger partial charge in [-0.15, -0.1) is 5.11 Å². The number of hydrogen-bond donors (Lipinski definition) is 0. The van der Waals surface area contributed by atoms with Gasteiger partial charge in [-0.1, -0.05) is 64.1 Å². The highest BCUT2D eigenvalue weighted by atomic mass is 16.5. The minimum Gasteiger partial charge on any atom is -0.465 e. The minimum absolute atomic E-state index is 0.343. The maximum atomic E-state index is 11.8. The van der Waals surface area contributed by atoms with E-state index in [0.717, 1.165) is 35.3 Å². The second-order valence-corrected chi connectivity index (χ2v) is 8.99. The maximum absolute atomic E-state index is 11.8. The average Bonchev–Trinajstić information content (AvgIpc) is 2.77. The van der Waals surface area contributed by atoms with Crippen LogP contribution in [0.1, 0.15) is 49.2 Å². The molecule has 32 heavy (non-hydrogen) atoms. The van der Waals surface area contributed by atoms with E-state index < -0.39 is 0 Å². The van der Waals surface area contributed by atoms with Crippen molar-refractivity contribution in [1.82, 2.24) is 0 Å². The molecule has 0 spiro atoms.